The Balaban J connectivity index is 2.73. The van der Waals surface area contributed by atoms with E-state index in [9.17, 15) is 9.90 Å². The maximum absolute atomic E-state index is 12.3. The molecular weight excluding hydrogens is 264 g/mol. The molecule has 0 saturated carbocycles. The van der Waals surface area contributed by atoms with Gasteiger partial charge in [-0.15, -0.1) is 0 Å². The summed E-state index contributed by atoms with van der Waals surface area (Å²) in [4.78, 5) is 12.3. The van der Waals surface area contributed by atoms with Crippen molar-refractivity contribution in [3.63, 3.8) is 0 Å². The van der Waals surface area contributed by atoms with Gasteiger partial charge in [0.1, 0.15) is 0 Å². The quantitative estimate of drug-likeness (QED) is 0.844. The Morgan fingerprint density at radius 3 is 2.67 bits per heavy atom. The van der Waals surface area contributed by atoms with Crippen LogP contribution in [0.25, 0.3) is 0 Å². The second-order valence-electron chi connectivity index (χ2n) is 6.31. The molecule has 0 aromatic heterocycles. The van der Waals surface area contributed by atoms with E-state index in [1.165, 1.54) is 0 Å². The maximum Gasteiger partial charge on any atom is 0.230 e. The van der Waals surface area contributed by atoms with Crippen LogP contribution in [0.1, 0.15) is 45.2 Å². The van der Waals surface area contributed by atoms with E-state index < -0.39 is 11.5 Å². The predicted octanol–water partition coefficient (Wildman–Crippen LogP) is 2.36. The molecule has 1 unspecified atom stereocenters. The summed E-state index contributed by atoms with van der Waals surface area (Å²) in [6.45, 7) is 7.93. The summed E-state index contributed by atoms with van der Waals surface area (Å²) in [7, 11) is 0. The van der Waals surface area contributed by atoms with Crippen LogP contribution in [-0.2, 0) is 10.2 Å². The smallest absolute Gasteiger partial charge is 0.230 e. The van der Waals surface area contributed by atoms with Crippen molar-refractivity contribution < 1.29 is 9.90 Å². The summed E-state index contributed by atoms with van der Waals surface area (Å²) >= 11 is 0. The van der Waals surface area contributed by atoms with Crippen molar-refractivity contribution >= 4 is 5.91 Å². The molecule has 0 spiro atoms. The first-order valence-corrected chi connectivity index (χ1v) is 7.24. The molecule has 2 N–H and O–H groups in total. The van der Waals surface area contributed by atoms with E-state index in [0.29, 0.717) is 17.9 Å². The van der Waals surface area contributed by atoms with Gasteiger partial charge in [-0.25, -0.2) is 0 Å². The van der Waals surface area contributed by atoms with Crippen molar-refractivity contribution in [2.75, 3.05) is 6.54 Å². The molecule has 0 fully saturated rings. The van der Waals surface area contributed by atoms with Crippen LogP contribution >= 0.6 is 0 Å². The number of carbonyl (C=O) groups excluding carboxylic acids is 1. The largest absolute Gasteiger partial charge is 0.391 e. The average molecular weight is 288 g/mol. The molecule has 1 amide bonds. The first-order valence-electron chi connectivity index (χ1n) is 7.24. The number of nitriles is 1. The number of nitrogens with zero attached hydrogens (tertiary/aromatic N) is 1. The number of aliphatic hydroxyl groups is 1. The number of hydrogen-bond donors (Lipinski definition) is 2. The fourth-order valence-electron chi connectivity index (χ4n) is 2.17. The highest BCUT2D eigenvalue weighted by Gasteiger charge is 2.30. The minimum atomic E-state index is -0.746. The van der Waals surface area contributed by atoms with Gasteiger partial charge >= 0.3 is 0 Å². The van der Waals surface area contributed by atoms with Crippen molar-refractivity contribution in [2.24, 2.45) is 5.92 Å². The third-order valence-electron chi connectivity index (χ3n) is 3.52. The van der Waals surface area contributed by atoms with E-state index in [1.807, 2.05) is 33.8 Å². The van der Waals surface area contributed by atoms with Gasteiger partial charge in [0.2, 0.25) is 5.91 Å². The Morgan fingerprint density at radius 2 is 2.10 bits per heavy atom. The fourth-order valence-corrected chi connectivity index (χ4v) is 2.17. The molecule has 0 saturated heterocycles. The predicted molar refractivity (Wildman–Crippen MR) is 82.7 cm³/mol. The highest BCUT2D eigenvalue weighted by molar-refractivity contribution is 5.87. The highest BCUT2D eigenvalue weighted by atomic mass is 16.3. The molecule has 0 bridgehead atoms. The molecule has 1 rings (SSSR count). The Morgan fingerprint density at radius 1 is 1.43 bits per heavy atom. The van der Waals surface area contributed by atoms with Gasteiger partial charge in [-0.2, -0.15) is 5.26 Å². The zero-order chi connectivity index (χ0) is 16.0. The SMILES string of the molecule is CC(C)CC(O)CNC(=O)C(C)(C)c1cccc(C#N)c1. The summed E-state index contributed by atoms with van der Waals surface area (Å²) in [5.41, 5.74) is 0.579. The first kappa shape index (κ1) is 17.2. The van der Waals surface area contributed by atoms with Gasteiger partial charge in [-0.1, -0.05) is 26.0 Å². The van der Waals surface area contributed by atoms with Crippen molar-refractivity contribution in [1.29, 1.82) is 5.26 Å². The van der Waals surface area contributed by atoms with E-state index in [4.69, 9.17) is 5.26 Å². The van der Waals surface area contributed by atoms with E-state index in [0.717, 1.165) is 5.56 Å². The number of rotatable bonds is 6. The van der Waals surface area contributed by atoms with E-state index in [2.05, 4.69) is 11.4 Å². The van der Waals surface area contributed by atoms with Crippen LogP contribution < -0.4 is 5.32 Å². The molecule has 1 aromatic carbocycles. The lowest BCUT2D eigenvalue weighted by Crippen LogP contribution is -2.43. The van der Waals surface area contributed by atoms with Gasteiger partial charge in [0.15, 0.2) is 0 Å². The Bertz CT molecular complexity index is 530. The number of hydrogen-bond acceptors (Lipinski definition) is 3. The molecule has 0 heterocycles. The van der Waals surface area contributed by atoms with Gasteiger partial charge < -0.3 is 10.4 Å². The summed E-state index contributed by atoms with van der Waals surface area (Å²) in [6, 6.07) is 9.13. The summed E-state index contributed by atoms with van der Waals surface area (Å²) < 4.78 is 0. The molecule has 1 aromatic rings. The van der Waals surface area contributed by atoms with E-state index >= 15 is 0 Å². The van der Waals surface area contributed by atoms with Crippen LogP contribution in [0.2, 0.25) is 0 Å². The molecule has 4 heteroatoms. The van der Waals surface area contributed by atoms with Crippen LogP contribution in [0.15, 0.2) is 24.3 Å². The Kier molecular flexibility index (Phi) is 5.92. The van der Waals surface area contributed by atoms with Crippen LogP contribution in [0.4, 0.5) is 0 Å². The number of benzene rings is 1. The van der Waals surface area contributed by atoms with Crippen LogP contribution in [0.5, 0.6) is 0 Å². The van der Waals surface area contributed by atoms with Crippen molar-refractivity contribution in [3.8, 4) is 6.07 Å². The van der Waals surface area contributed by atoms with Gasteiger partial charge in [-0.05, 0) is 43.9 Å². The zero-order valence-corrected chi connectivity index (χ0v) is 13.2. The molecule has 4 nitrogen and oxygen atoms in total. The highest BCUT2D eigenvalue weighted by Crippen LogP contribution is 2.24. The van der Waals surface area contributed by atoms with Gasteiger partial charge in [0.05, 0.1) is 23.2 Å². The van der Waals surface area contributed by atoms with Crippen molar-refractivity contribution in [3.05, 3.63) is 35.4 Å². The molecule has 0 radical (unpaired) electrons. The minimum Gasteiger partial charge on any atom is -0.391 e. The summed E-state index contributed by atoms with van der Waals surface area (Å²) in [5.74, 6) is 0.234. The summed E-state index contributed by atoms with van der Waals surface area (Å²) in [6.07, 6.45) is 0.125. The molecule has 1 atom stereocenters. The molecule has 21 heavy (non-hydrogen) atoms. The maximum atomic E-state index is 12.3. The standard InChI is InChI=1S/C17H24N2O2/c1-12(2)8-15(20)11-19-16(21)17(3,4)14-7-5-6-13(9-14)10-18/h5-7,9,12,15,20H,8,11H2,1-4H3,(H,19,21). The topological polar surface area (TPSA) is 73.1 Å². The third kappa shape index (κ3) is 4.87. The van der Waals surface area contributed by atoms with Crippen LogP contribution in [-0.4, -0.2) is 23.7 Å². The second-order valence-corrected chi connectivity index (χ2v) is 6.31. The molecule has 0 aliphatic heterocycles. The lowest BCUT2D eigenvalue weighted by Gasteiger charge is -2.25. The third-order valence-corrected chi connectivity index (χ3v) is 3.52. The van der Waals surface area contributed by atoms with E-state index in [-0.39, 0.29) is 12.5 Å². The molecule has 0 aliphatic rings. The minimum absolute atomic E-state index is 0.152. The molecular formula is C17H24N2O2. The van der Waals surface area contributed by atoms with Gasteiger partial charge in [-0.3, -0.25) is 4.79 Å². The fraction of sp³-hybridized carbons (Fsp3) is 0.529. The molecule has 114 valence electrons. The van der Waals surface area contributed by atoms with E-state index in [1.54, 1.807) is 18.2 Å². The lowest BCUT2D eigenvalue weighted by molar-refractivity contribution is -0.126. The Labute approximate surface area is 126 Å². The Hall–Kier alpha value is -1.86. The van der Waals surface area contributed by atoms with Crippen molar-refractivity contribution in [1.82, 2.24) is 5.32 Å². The van der Waals surface area contributed by atoms with Gasteiger partial charge in [0, 0.05) is 6.54 Å². The number of amides is 1. The summed E-state index contributed by atoms with van der Waals surface area (Å²) in [5, 5.41) is 21.6. The average Bonchev–Trinajstić information content (AvgIpc) is 2.44. The first-order chi connectivity index (χ1) is 9.77. The number of carbonyl (C=O) groups is 1. The van der Waals surface area contributed by atoms with Crippen molar-refractivity contribution in [2.45, 2.75) is 45.6 Å². The second kappa shape index (κ2) is 7.24. The van der Waals surface area contributed by atoms with Crippen LogP contribution in [0.3, 0.4) is 0 Å². The normalized spacial score (nSPS) is 12.8. The monoisotopic (exact) mass is 288 g/mol. The lowest BCUT2D eigenvalue weighted by atomic mass is 9.83. The zero-order valence-electron chi connectivity index (χ0n) is 13.2. The number of nitrogens with one attached hydrogen (secondary N) is 1. The van der Waals surface area contributed by atoms with Crippen LogP contribution in [0, 0.1) is 17.2 Å². The number of aliphatic hydroxyl groups excluding tert-OH is 1. The molecule has 0 aliphatic carbocycles. The van der Waals surface area contributed by atoms with Gasteiger partial charge in [0.25, 0.3) is 0 Å².